The molecular formula is C18H27N5O2. The Bertz CT molecular complexity index is 624. The van der Waals surface area contributed by atoms with Crippen LogP contribution in [0.3, 0.4) is 0 Å². The highest BCUT2D eigenvalue weighted by Crippen LogP contribution is 2.25. The summed E-state index contributed by atoms with van der Waals surface area (Å²) in [6.07, 6.45) is 4.93. The Balaban J connectivity index is 1.49. The molecule has 0 radical (unpaired) electrons. The maximum Gasteiger partial charge on any atom is 0.251 e. The van der Waals surface area contributed by atoms with Crippen molar-refractivity contribution in [1.82, 2.24) is 19.8 Å². The third-order valence-corrected chi connectivity index (χ3v) is 5.58. The standard InChI is InChI=1S/C18H27N5O2/c1-21-8-10-22(11-9-21)17-14-4-6-23(7-5-15(14)19-13-20-17)18(24)16-3-2-12-25-16/h13,16H,2-12H2,1H3/t16-/m1/s1. The highest BCUT2D eigenvalue weighted by molar-refractivity contribution is 5.81. The summed E-state index contributed by atoms with van der Waals surface area (Å²) in [5, 5.41) is 0. The molecule has 4 heterocycles. The normalized spacial score (nSPS) is 24.9. The lowest BCUT2D eigenvalue weighted by atomic mass is 10.1. The van der Waals surface area contributed by atoms with E-state index >= 15 is 0 Å². The quantitative estimate of drug-likeness (QED) is 0.770. The summed E-state index contributed by atoms with van der Waals surface area (Å²) in [4.78, 5) is 28.5. The van der Waals surface area contributed by atoms with Gasteiger partial charge in [-0.05, 0) is 26.3 Å². The summed E-state index contributed by atoms with van der Waals surface area (Å²) in [6.45, 7) is 6.29. The predicted octanol–water partition coefficient (Wildman–Crippen LogP) is 0.335. The summed E-state index contributed by atoms with van der Waals surface area (Å²) >= 11 is 0. The lowest BCUT2D eigenvalue weighted by molar-refractivity contribution is -0.140. The third-order valence-electron chi connectivity index (χ3n) is 5.58. The number of hydrogen-bond acceptors (Lipinski definition) is 6. The molecule has 1 amide bonds. The van der Waals surface area contributed by atoms with Crippen molar-refractivity contribution in [3.63, 3.8) is 0 Å². The molecule has 2 fully saturated rings. The van der Waals surface area contributed by atoms with Crippen LogP contribution in [-0.2, 0) is 22.4 Å². The second-order valence-corrected chi connectivity index (χ2v) is 7.24. The Morgan fingerprint density at radius 1 is 1.12 bits per heavy atom. The zero-order valence-corrected chi connectivity index (χ0v) is 15.0. The molecule has 0 spiro atoms. The highest BCUT2D eigenvalue weighted by Gasteiger charge is 2.30. The molecule has 0 saturated carbocycles. The van der Waals surface area contributed by atoms with E-state index in [1.165, 1.54) is 5.56 Å². The van der Waals surface area contributed by atoms with E-state index in [0.717, 1.165) is 76.5 Å². The van der Waals surface area contributed by atoms with Crippen LogP contribution >= 0.6 is 0 Å². The highest BCUT2D eigenvalue weighted by atomic mass is 16.5. The van der Waals surface area contributed by atoms with Crippen LogP contribution in [0.4, 0.5) is 5.82 Å². The van der Waals surface area contributed by atoms with Crippen LogP contribution in [0.2, 0.25) is 0 Å². The van der Waals surface area contributed by atoms with Gasteiger partial charge >= 0.3 is 0 Å². The number of amides is 1. The number of fused-ring (bicyclic) bond motifs is 1. The van der Waals surface area contributed by atoms with Gasteiger partial charge in [-0.25, -0.2) is 9.97 Å². The van der Waals surface area contributed by atoms with Gasteiger partial charge in [0.05, 0.1) is 5.69 Å². The molecule has 3 aliphatic rings. The predicted molar refractivity (Wildman–Crippen MR) is 94.7 cm³/mol. The maximum atomic E-state index is 12.7. The van der Waals surface area contributed by atoms with Crippen molar-refractivity contribution < 1.29 is 9.53 Å². The molecule has 0 unspecified atom stereocenters. The average Bonchev–Trinajstić information content (AvgIpc) is 3.08. The number of anilines is 1. The SMILES string of the molecule is CN1CCN(c2ncnc3c2CCN(C(=O)[C@H]2CCCO2)CC3)CC1. The zero-order chi connectivity index (χ0) is 17.2. The van der Waals surface area contributed by atoms with Crippen LogP contribution in [0.5, 0.6) is 0 Å². The number of piperazine rings is 1. The Hall–Kier alpha value is -1.73. The van der Waals surface area contributed by atoms with E-state index in [1.807, 2.05) is 4.90 Å². The van der Waals surface area contributed by atoms with Crippen LogP contribution < -0.4 is 4.90 Å². The molecule has 0 N–H and O–H groups in total. The smallest absolute Gasteiger partial charge is 0.251 e. The van der Waals surface area contributed by atoms with Gasteiger partial charge in [0.2, 0.25) is 0 Å². The van der Waals surface area contributed by atoms with Crippen LogP contribution in [0.1, 0.15) is 24.1 Å². The van der Waals surface area contributed by atoms with Crippen LogP contribution in [0.25, 0.3) is 0 Å². The average molecular weight is 345 g/mol. The molecule has 1 atom stereocenters. The lowest BCUT2D eigenvalue weighted by Gasteiger charge is -2.34. The summed E-state index contributed by atoms with van der Waals surface area (Å²) in [5.74, 6) is 1.23. The molecule has 1 aromatic rings. The van der Waals surface area contributed by atoms with Gasteiger partial charge in [0.25, 0.3) is 5.91 Å². The molecule has 4 rings (SSSR count). The Labute approximate surface area is 149 Å². The Morgan fingerprint density at radius 3 is 2.68 bits per heavy atom. The maximum absolute atomic E-state index is 12.7. The third kappa shape index (κ3) is 3.48. The monoisotopic (exact) mass is 345 g/mol. The number of likely N-dealkylation sites (N-methyl/N-ethyl adjacent to an activating group) is 1. The molecule has 2 saturated heterocycles. The molecule has 136 valence electrons. The van der Waals surface area contributed by atoms with Gasteiger partial charge in [0, 0.05) is 57.9 Å². The molecular weight excluding hydrogens is 318 g/mol. The fourth-order valence-electron chi connectivity index (χ4n) is 4.00. The van der Waals surface area contributed by atoms with Gasteiger partial charge in [0.15, 0.2) is 0 Å². The number of nitrogens with zero attached hydrogens (tertiary/aromatic N) is 5. The van der Waals surface area contributed by atoms with Gasteiger partial charge in [-0.1, -0.05) is 0 Å². The molecule has 7 nitrogen and oxygen atoms in total. The first kappa shape index (κ1) is 16.7. The van der Waals surface area contributed by atoms with Gasteiger partial charge < -0.3 is 19.4 Å². The van der Waals surface area contributed by atoms with E-state index in [0.29, 0.717) is 6.61 Å². The van der Waals surface area contributed by atoms with Crippen molar-refractivity contribution in [2.24, 2.45) is 0 Å². The molecule has 7 heteroatoms. The van der Waals surface area contributed by atoms with E-state index in [9.17, 15) is 4.79 Å². The van der Waals surface area contributed by atoms with E-state index in [-0.39, 0.29) is 12.0 Å². The number of carbonyl (C=O) groups excluding carboxylic acids is 1. The Morgan fingerprint density at radius 2 is 1.92 bits per heavy atom. The second kappa shape index (κ2) is 7.25. The van der Waals surface area contributed by atoms with E-state index < -0.39 is 0 Å². The van der Waals surface area contributed by atoms with Gasteiger partial charge in [-0.15, -0.1) is 0 Å². The first-order valence-electron chi connectivity index (χ1n) is 9.39. The van der Waals surface area contributed by atoms with Gasteiger partial charge in [-0.3, -0.25) is 4.79 Å². The summed E-state index contributed by atoms with van der Waals surface area (Å²) < 4.78 is 5.58. The van der Waals surface area contributed by atoms with Crippen molar-refractivity contribution in [2.75, 3.05) is 57.8 Å². The molecule has 25 heavy (non-hydrogen) atoms. The fraction of sp³-hybridized carbons (Fsp3) is 0.722. The minimum Gasteiger partial charge on any atom is -0.368 e. The van der Waals surface area contributed by atoms with Crippen molar-refractivity contribution in [1.29, 1.82) is 0 Å². The number of carbonyl (C=O) groups is 1. The second-order valence-electron chi connectivity index (χ2n) is 7.24. The first-order chi connectivity index (χ1) is 12.2. The van der Waals surface area contributed by atoms with Crippen molar-refractivity contribution in [3.05, 3.63) is 17.6 Å². The van der Waals surface area contributed by atoms with E-state index in [4.69, 9.17) is 4.74 Å². The minimum absolute atomic E-state index is 0.152. The molecule has 3 aliphatic heterocycles. The van der Waals surface area contributed by atoms with Gasteiger partial charge in [-0.2, -0.15) is 0 Å². The Kier molecular flexibility index (Phi) is 4.85. The van der Waals surface area contributed by atoms with Crippen LogP contribution in [-0.4, -0.2) is 84.7 Å². The van der Waals surface area contributed by atoms with Crippen LogP contribution in [0.15, 0.2) is 6.33 Å². The van der Waals surface area contributed by atoms with E-state index in [1.54, 1.807) is 6.33 Å². The zero-order valence-electron chi connectivity index (χ0n) is 15.0. The minimum atomic E-state index is -0.232. The van der Waals surface area contributed by atoms with Crippen LogP contribution in [0, 0.1) is 0 Å². The van der Waals surface area contributed by atoms with Crippen molar-refractivity contribution >= 4 is 11.7 Å². The lowest BCUT2D eigenvalue weighted by Crippen LogP contribution is -2.45. The number of aromatic nitrogens is 2. The van der Waals surface area contributed by atoms with Gasteiger partial charge in [0.1, 0.15) is 18.2 Å². The molecule has 1 aromatic heterocycles. The topological polar surface area (TPSA) is 61.8 Å². The summed E-state index contributed by atoms with van der Waals surface area (Å²) in [7, 11) is 2.16. The molecule has 0 bridgehead atoms. The van der Waals surface area contributed by atoms with Crippen molar-refractivity contribution in [2.45, 2.75) is 31.8 Å². The summed E-state index contributed by atoms with van der Waals surface area (Å²) in [6, 6.07) is 0. The number of ether oxygens (including phenoxy) is 1. The van der Waals surface area contributed by atoms with E-state index in [2.05, 4.69) is 26.8 Å². The largest absolute Gasteiger partial charge is 0.368 e. The molecule has 0 aliphatic carbocycles. The molecule has 0 aromatic carbocycles. The number of rotatable bonds is 2. The summed E-state index contributed by atoms with van der Waals surface area (Å²) in [5.41, 5.74) is 2.33. The van der Waals surface area contributed by atoms with Crippen molar-refractivity contribution in [3.8, 4) is 0 Å². The fourth-order valence-corrected chi connectivity index (χ4v) is 4.00. The first-order valence-corrected chi connectivity index (χ1v) is 9.39. The number of hydrogen-bond donors (Lipinski definition) is 0.